The zero-order valence-corrected chi connectivity index (χ0v) is 12.8. The van der Waals surface area contributed by atoms with E-state index in [1.165, 1.54) is 18.2 Å². The molecule has 1 heterocycles. The predicted octanol–water partition coefficient (Wildman–Crippen LogP) is 3.10. The summed E-state index contributed by atoms with van der Waals surface area (Å²) in [4.78, 5) is 11.8. The fourth-order valence-electron chi connectivity index (χ4n) is 2.62. The quantitative estimate of drug-likeness (QED) is 0.876. The molecule has 118 valence electrons. The summed E-state index contributed by atoms with van der Waals surface area (Å²) in [5, 5.41) is 5.97. The number of carbonyl (C=O) groups excluding carboxylic acids is 1. The van der Waals surface area contributed by atoms with E-state index in [-0.39, 0.29) is 23.9 Å². The van der Waals surface area contributed by atoms with E-state index in [9.17, 15) is 13.6 Å². The van der Waals surface area contributed by atoms with Crippen molar-refractivity contribution in [2.75, 3.05) is 6.54 Å². The number of halogens is 3. The number of amides is 1. The second-order valence-corrected chi connectivity index (χ2v) is 5.26. The van der Waals surface area contributed by atoms with Crippen LogP contribution in [0.1, 0.15) is 44.2 Å². The van der Waals surface area contributed by atoms with Gasteiger partial charge in [-0.1, -0.05) is 6.07 Å². The number of carbonyl (C=O) groups is 1. The van der Waals surface area contributed by atoms with Gasteiger partial charge in [0.1, 0.15) is 11.6 Å². The van der Waals surface area contributed by atoms with E-state index in [1.807, 2.05) is 0 Å². The Kier molecular flexibility index (Phi) is 7.05. The van der Waals surface area contributed by atoms with Gasteiger partial charge in [0.15, 0.2) is 0 Å². The summed E-state index contributed by atoms with van der Waals surface area (Å²) >= 11 is 0. The average Bonchev–Trinajstić information content (AvgIpc) is 2.89. The molecule has 1 amide bonds. The third-order valence-electron chi connectivity index (χ3n) is 3.69. The highest BCUT2D eigenvalue weighted by Crippen LogP contribution is 2.20. The van der Waals surface area contributed by atoms with Crippen molar-refractivity contribution in [2.45, 2.75) is 44.7 Å². The van der Waals surface area contributed by atoms with Gasteiger partial charge in [-0.2, -0.15) is 0 Å². The number of nitrogens with one attached hydrogen (secondary N) is 2. The Morgan fingerprint density at radius 1 is 1.43 bits per heavy atom. The molecule has 2 atom stereocenters. The van der Waals surface area contributed by atoms with Crippen LogP contribution in [-0.4, -0.2) is 18.5 Å². The van der Waals surface area contributed by atoms with Gasteiger partial charge >= 0.3 is 0 Å². The van der Waals surface area contributed by atoms with Crippen molar-refractivity contribution in [3.63, 3.8) is 0 Å². The first-order chi connectivity index (χ1) is 9.58. The van der Waals surface area contributed by atoms with Gasteiger partial charge in [0.05, 0.1) is 6.04 Å². The standard InChI is InChI=1S/C15H20F2N2O.ClH/c1-10(15-12(16)5-2-6-13(15)17)19-14(20)8-7-11-4-3-9-18-11;/h2,5-6,10-11,18H,3-4,7-9H2,1H3,(H,19,20);1H. The lowest BCUT2D eigenvalue weighted by Gasteiger charge is -2.16. The van der Waals surface area contributed by atoms with Gasteiger partial charge in [-0.05, 0) is 44.9 Å². The Bertz CT molecular complexity index is 458. The van der Waals surface area contributed by atoms with E-state index in [2.05, 4.69) is 10.6 Å². The van der Waals surface area contributed by atoms with E-state index >= 15 is 0 Å². The molecular weight excluding hydrogens is 298 g/mol. The van der Waals surface area contributed by atoms with Gasteiger partial charge in [0.25, 0.3) is 0 Å². The van der Waals surface area contributed by atoms with Crippen LogP contribution in [0.4, 0.5) is 8.78 Å². The molecule has 2 N–H and O–H groups in total. The van der Waals surface area contributed by atoms with Crippen LogP contribution >= 0.6 is 12.4 Å². The molecule has 21 heavy (non-hydrogen) atoms. The lowest BCUT2D eigenvalue weighted by atomic mass is 10.1. The van der Waals surface area contributed by atoms with Crippen LogP contribution in [-0.2, 0) is 4.79 Å². The third-order valence-corrected chi connectivity index (χ3v) is 3.69. The highest BCUT2D eigenvalue weighted by Gasteiger charge is 2.19. The van der Waals surface area contributed by atoms with Gasteiger partial charge in [0, 0.05) is 18.0 Å². The molecule has 1 fully saturated rings. The smallest absolute Gasteiger partial charge is 0.220 e. The maximum Gasteiger partial charge on any atom is 0.220 e. The van der Waals surface area contributed by atoms with Crippen LogP contribution in [0.3, 0.4) is 0 Å². The number of rotatable bonds is 5. The van der Waals surface area contributed by atoms with Gasteiger partial charge in [-0.3, -0.25) is 4.79 Å². The second kappa shape index (κ2) is 8.29. The molecule has 2 rings (SSSR count). The summed E-state index contributed by atoms with van der Waals surface area (Å²) in [6.07, 6.45) is 3.37. The van der Waals surface area contributed by atoms with Crippen LogP contribution in [0.25, 0.3) is 0 Å². The Morgan fingerprint density at radius 2 is 2.10 bits per heavy atom. The van der Waals surface area contributed by atoms with Gasteiger partial charge in [-0.25, -0.2) is 8.78 Å². The van der Waals surface area contributed by atoms with E-state index in [0.717, 1.165) is 25.8 Å². The number of benzene rings is 1. The van der Waals surface area contributed by atoms with Crippen LogP contribution in [0.5, 0.6) is 0 Å². The highest BCUT2D eigenvalue weighted by molar-refractivity contribution is 5.85. The van der Waals surface area contributed by atoms with Gasteiger partial charge in [-0.15, -0.1) is 12.4 Å². The zero-order valence-electron chi connectivity index (χ0n) is 12.0. The molecule has 0 aromatic heterocycles. The summed E-state index contributed by atoms with van der Waals surface area (Å²) in [7, 11) is 0. The molecule has 0 aliphatic carbocycles. The summed E-state index contributed by atoms with van der Waals surface area (Å²) in [6, 6.07) is 3.43. The summed E-state index contributed by atoms with van der Waals surface area (Å²) < 4.78 is 27.2. The first-order valence-electron chi connectivity index (χ1n) is 7.04. The van der Waals surface area contributed by atoms with Gasteiger partial charge in [0.2, 0.25) is 5.91 Å². The molecule has 1 aromatic rings. The Morgan fingerprint density at radius 3 is 2.67 bits per heavy atom. The fourth-order valence-corrected chi connectivity index (χ4v) is 2.62. The minimum atomic E-state index is -0.666. The topological polar surface area (TPSA) is 41.1 Å². The molecule has 0 saturated carbocycles. The summed E-state index contributed by atoms with van der Waals surface area (Å²) in [6.45, 7) is 2.59. The molecule has 1 aromatic carbocycles. The number of hydrogen-bond donors (Lipinski definition) is 2. The Balaban J connectivity index is 0.00000220. The third kappa shape index (κ3) is 4.93. The molecule has 2 unspecified atom stereocenters. The van der Waals surface area contributed by atoms with Crippen LogP contribution < -0.4 is 10.6 Å². The van der Waals surface area contributed by atoms with Crippen LogP contribution in [0.2, 0.25) is 0 Å². The normalized spacial score (nSPS) is 18.9. The van der Waals surface area contributed by atoms with Gasteiger partial charge < -0.3 is 10.6 Å². The molecule has 6 heteroatoms. The van der Waals surface area contributed by atoms with E-state index in [1.54, 1.807) is 6.92 Å². The van der Waals surface area contributed by atoms with E-state index in [4.69, 9.17) is 0 Å². The second-order valence-electron chi connectivity index (χ2n) is 5.26. The highest BCUT2D eigenvalue weighted by atomic mass is 35.5. The first-order valence-corrected chi connectivity index (χ1v) is 7.04. The van der Waals surface area contributed by atoms with E-state index in [0.29, 0.717) is 12.5 Å². The minimum Gasteiger partial charge on any atom is -0.349 e. The van der Waals surface area contributed by atoms with Crippen molar-refractivity contribution in [3.05, 3.63) is 35.4 Å². The number of hydrogen-bond acceptors (Lipinski definition) is 2. The SMILES string of the molecule is CC(NC(=O)CCC1CCCN1)c1c(F)cccc1F.Cl. The summed E-state index contributed by atoms with van der Waals surface area (Å²) in [5.41, 5.74) is -0.0835. The first kappa shape index (κ1) is 17.9. The van der Waals surface area contributed by atoms with Crippen molar-refractivity contribution in [3.8, 4) is 0 Å². The average molecular weight is 319 g/mol. The lowest BCUT2D eigenvalue weighted by molar-refractivity contribution is -0.121. The molecule has 0 radical (unpaired) electrons. The maximum atomic E-state index is 13.6. The molecule has 0 bridgehead atoms. The molecular formula is C15H21ClF2N2O. The van der Waals surface area contributed by atoms with Crippen molar-refractivity contribution >= 4 is 18.3 Å². The maximum absolute atomic E-state index is 13.6. The zero-order chi connectivity index (χ0) is 14.5. The lowest BCUT2D eigenvalue weighted by Crippen LogP contribution is -2.30. The summed E-state index contributed by atoms with van der Waals surface area (Å²) in [5.74, 6) is -1.43. The largest absolute Gasteiger partial charge is 0.349 e. The van der Waals surface area contributed by atoms with Crippen LogP contribution in [0.15, 0.2) is 18.2 Å². The van der Waals surface area contributed by atoms with Crippen LogP contribution in [0, 0.1) is 11.6 Å². The molecule has 3 nitrogen and oxygen atoms in total. The Labute approximate surface area is 129 Å². The molecule has 0 spiro atoms. The van der Waals surface area contributed by atoms with Crippen molar-refractivity contribution < 1.29 is 13.6 Å². The Hall–Kier alpha value is -1.20. The molecule has 1 saturated heterocycles. The molecule has 1 aliphatic rings. The van der Waals surface area contributed by atoms with E-state index < -0.39 is 17.7 Å². The fraction of sp³-hybridized carbons (Fsp3) is 0.533. The van der Waals surface area contributed by atoms with Crippen molar-refractivity contribution in [2.24, 2.45) is 0 Å². The van der Waals surface area contributed by atoms with Crippen molar-refractivity contribution in [1.29, 1.82) is 0 Å². The molecule has 1 aliphatic heterocycles. The predicted molar refractivity (Wildman–Crippen MR) is 80.4 cm³/mol. The monoisotopic (exact) mass is 318 g/mol. The van der Waals surface area contributed by atoms with Crippen molar-refractivity contribution in [1.82, 2.24) is 10.6 Å². The minimum absolute atomic E-state index is 0.